The van der Waals surface area contributed by atoms with Crippen LogP contribution in [0.25, 0.3) is 0 Å². The van der Waals surface area contributed by atoms with Crippen molar-refractivity contribution in [3.8, 4) is 0 Å². The Bertz CT molecular complexity index is 18.8. The van der Waals surface area contributed by atoms with Gasteiger partial charge in [0, 0.05) is 0 Å². The van der Waals surface area contributed by atoms with Crippen LogP contribution in [0, 0.1) is 0 Å². The van der Waals surface area contributed by atoms with Crippen molar-refractivity contribution >= 4 is 59.7 Å². The van der Waals surface area contributed by atoms with Crippen LogP contribution in [0.3, 0.4) is 0 Å². The monoisotopic (exact) mass is 288 g/mol. The molecule has 0 fully saturated rings. The van der Waals surface area contributed by atoms with Crippen molar-refractivity contribution in [3.05, 3.63) is 0 Å². The van der Waals surface area contributed by atoms with Gasteiger partial charge in [0.25, 0.3) is 0 Å². The summed E-state index contributed by atoms with van der Waals surface area (Å²) in [6.07, 6.45) is 2.88. The van der Waals surface area contributed by atoms with Gasteiger partial charge in [0.15, 0.2) is 0 Å². The summed E-state index contributed by atoms with van der Waals surface area (Å²) in [5.74, 6) is 0. The third-order valence-electron chi connectivity index (χ3n) is 0.707. The van der Waals surface area contributed by atoms with E-state index in [9.17, 15) is 0 Å². The predicted molar refractivity (Wildman–Crippen MR) is 51.4 cm³/mol. The van der Waals surface area contributed by atoms with Gasteiger partial charge in [-0.25, -0.2) is 0 Å². The van der Waals surface area contributed by atoms with Crippen molar-refractivity contribution in [2.24, 2.45) is 0 Å². The summed E-state index contributed by atoms with van der Waals surface area (Å²) >= 11 is 0.982. The van der Waals surface area contributed by atoms with Gasteiger partial charge in [-0.2, -0.15) is 0 Å². The first-order valence-electron chi connectivity index (χ1n) is 2.41. The van der Waals surface area contributed by atoms with Crippen LogP contribution in [-0.4, -0.2) is 22.5 Å². The Morgan fingerprint density at radius 3 is 1.50 bits per heavy atom. The number of halogens is 3. The second kappa shape index (κ2) is 23.4. The van der Waals surface area contributed by atoms with Crippen LogP contribution in [0.2, 0.25) is 4.44 Å². The Kier molecular flexibility index (Phi) is 66.1. The van der Waals surface area contributed by atoms with Crippen molar-refractivity contribution in [2.45, 2.75) is 24.2 Å². The molecule has 0 bridgehead atoms. The molecular weight excluding hydrogens is 273 g/mol. The Morgan fingerprint density at radius 2 is 1.50 bits per heavy atom. The van der Waals surface area contributed by atoms with Crippen molar-refractivity contribution in [2.75, 3.05) is 0 Å². The standard InChI is InChI=1S/C4H9.3ClH.Sn.3H/c1-3-4-2;;;;;;;/h1,3-4H2,2H3;3*1H;;;;. The maximum atomic E-state index is 2.25. The summed E-state index contributed by atoms with van der Waals surface area (Å²) in [5, 5.41) is 0. The third-order valence-corrected chi connectivity index (χ3v) is 2.73. The average Bonchev–Trinajstić information content (AvgIpc) is 1.41. The zero-order valence-electron chi connectivity index (χ0n) is 5.35. The quantitative estimate of drug-likeness (QED) is 0.680. The molecule has 0 saturated carbocycles. The van der Waals surface area contributed by atoms with Gasteiger partial charge < -0.3 is 0 Å². The maximum absolute atomic E-state index is 2.25. The Labute approximate surface area is 83.5 Å². The van der Waals surface area contributed by atoms with Crippen LogP contribution >= 0.6 is 37.2 Å². The minimum atomic E-state index is 0. The van der Waals surface area contributed by atoms with E-state index in [1.54, 1.807) is 4.44 Å². The van der Waals surface area contributed by atoms with Gasteiger partial charge in [0.1, 0.15) is 0 Å². The fourth-order valence-electron chi connectivity index (χ4n) is 0.354. The van der Waals surface area contributed by atoms with E-state index in [4.69, 9.17) is 0 Å². The number of unbranched alkanes of at least 4 members (excludes halogenated alkanes) is 1. The van der Waals surface area contributed by atoms with Crippen molar-refractivity contribution < 1.29 is 0 Å². The summed E-state index contributed by atoms with van der Waals surface area (Å²) in [5.41, 5.74) is 0. The van der Waals surface area contributed by atoms with Crippen LogP contribution < -0.4 is 0 Å². The third kappa shape index (κ3) is 25.3. The molecule has 8 heavy (non-hydrogen) atoms. The molecule has 0 aliphatic carbocycles. The van der Waals surface area contributed by atoms with Gasteiger partial charge >= 0.3 is 46.7 Å². The van der Waals surface area contributed by atoms with Gasteiger partial charge in [-0.15, -0.1) is 37.2 Å². The maximum Gasteiger partial charge on any atom is -0.147 e. The molecule has 0 saturated heterocycles. The molecule has 4 heteroatoms. The normalized spacial score (nSPS) is 5.62. The fourth-order valence-corrected chi connectivity index (χ4v) is 2.37. The smallest absolute Gasteiger partial charge is 0.147 e. The van der Waals surface area contributed by atoms with E-state index >= 15 is 0 Å². The van der Waals surface area contributed by atoms with E-state index in [0.29, 0.717) is 0 Å². The van der Waals surface area contributed by atoms with Crippen LogP contribution in [0.15, 0.2) is 0 Å². The molecule has 0 atom stereocenters. The van der Waals surface area contributed by atoms with E-state index in [1.807, 2.05) is 0 Å². The molecule has 56 valence electrons. The summed E-state index contributed by atoms with van der Waals surface area (Å²) < 4.78 is 1.55. The molecule has 0 nitrogen and oxygen atoms in total. The molecule has 0 spiro atoms. The zero-order valence-corrected chi connectivity index (χ0v) is 13.5. The first-order chi connectivity index (χ1) is 2.41. The molecule has 0 radical (unpaired) electrons. The van der Waals surface area contributed by atoms with Crippen LogP contribution in [0.4, 0.5) is 0 Å². The Hall–Kier alpha value is 1.67. The molecule has 0 amide bonds. The molecule has 0 N–H and O–H groups in total. The summed E-state index contributed by atoms with van der Waals surface area (Å²) in [4.78, 5) is 0. The summed E-state index contributed by atoms with van der Waals surface area (Å²) in [7, 11) is 0. The van der Waals surface area contributed by atoms with E-state index in [2.05, 4.69) is 6.92 Å². The molecule has 0 aliphatic heterocycles. The molecule has 0 aliphatic rings. The van der Waals surface area contributed by atoms with Gasteiger partial charge in [-0.3, -0.25) is 0 Å². The minimum absolute atomic E-state index is 0. The number of hydrogen-bond donors (Lipinski definition) is 0. The molecule has 0 aromatic rings. The van der Waals surface area contributed by atoms with Crippen LogP contribution in [0.1, 0.15) is 19.8 Å². The molecule has 0 rings (SSSR count). The first-order valence-corrected chi connectivity index (χ1v) is 6.45. The molecule has 0 unspecified atom stereocenters. The van der Waals surface area contributed by atoms with Crippen molar-refractivity contribution in [1.29, 1.82) is 0 Å². The fraction of sp³-hybridized carbons (Fsp3) is 1.00. The Balaban J connectivity index is -0.0000000267. The van der Waals surface area contributed by atoms with Crippen LogP contribution in [0.5, 0.6) is 0 Å². The van der Waals surface area contributed by atoms with Crippen molar-refractivity contribution in [3.63, 3.8) is 0 Å². The van der Waals surface area contributed by atoms with E-state index in [0.717, 1.165) is 22.5 Å². The minimum Gasteiger partial charge on any atom is -0.147 e. The van der Waals surface area contributed by atoms with Gasteiger partial charge in [0.2, 0.25) is 0 Å². The topological polar surface area (TPSA) is 0 Å². The summed E-state index contributed by atoms with van der Waals surface area (Å²) in [6, 6.07) is 0. The second-order valence-electron chi connectivity index (χ2n) is 1.35. The Morgan fingerprint density at radius 1 is 1.12 bits per heavy atom. The molecular formula is C4H15Cl3Sn. The predicted octanol–water partition coefficient (Wildman–Crippen LogP) is 1.84. The number of hydrogen-bond acceptors (Lipinski definition) is 0. The first kappa shape index (κ1) is 22.6. The van der Waals surface area contributed by atoms with Gasteiger partial charge in [0.05, 0.1) is 0 Å². The average molecular weight is 288 g/mol. The van der Waals surface area contributed by atoms with Crippen molar-refractivity contribution in [1.82, 2.24) is 0 Å². The van der Waals surface area contributed by atoms with Crippen LogP contribution in [-0.2, 0) is 0 Å². The van der Waals surface area contributed by atoms with E-state index < -0.39 is 0 Å². The van der Waals surface area contributed by atoms with Gasteiger partial charge in [-0.05, 0) is 0 Å². The number of rotatable bonds is 2. The van der Waals surface area contributed by atoms with E-state index in [-0.39, 0.29) is 37.2 Å². The largest absolute Gasteiger partial charge is 0.147 e. The SMILES string of the molecule is CCC[CH2][SnH3].Cl.Cl.Cl. The molecule has 0 heterocycles. The van der Waals surface area contributed by atoms with E-state index in [1.165, 1.54) is 12.8 Å². The molecule has 0 aromatic carbocycles. The van der Waals surface area contributed by atoms with Gasteiger partial charge in [-0.1, -0.05) is 0 Å². The summed E-state index contributed by atoms with van der Waals surface area (Å²) in [6.45, 7) is 2.25. The second-order valence-corrected chi connectivity index (χ2v) is 4.21. The molecule has 0 aromatic heterocycles. The zero-order chi connectivity index (χ0) is 4.12.